The standard InChI is InChI=1S/C23H34O2/c1-5-24-17-8-11-21(3)16(14-17)6-7-18-19(21)9-12-22(4)20(18)10-13-23(22)15(2)25-23/h6,14-15,18-20H,5,7-13H2,1-4H3/t15?,18-,19+,20+,21+,22+,23-/m1/s1. The summed E-state index contributed by atoms with van der Waals surface area (Å²) in [6.45, 7) is 10.3. The van der Waals surface area contributed by atoms with E-state index in [0.717, 1.165) is 30.8 Å². The summed E-state index contributed by atoms with van der Waals surface area (Å²) in [4.78, 5) is 0. The van der Waals surface area contributed by atoms with Gasteiger partial charge >= 0.3 is 0 Å². The van der Waals surface area contributed by atoms with Gasteiger partial charge in [0.25, 0.3) is 0 Å². The molecule has 0 aromatic carbocycles. The van der Waals surface area contributed by atoms with Crippen molar-refractivity contribution in [1.29, 1.82) is 0 Å². The van der Waals surface area contributed by atoms with Crippen molar-refractivity contribution in [1.82, 2.24) is 0 Å². The Kier molecular flexibility index (Phi) is 3.38. The van der Waals surface area contributed by atoms with E-state index >= 15 is 0 Å². The number of epoxide rings is 1. The normalized spacial score (nSPS) is 53.4. The molecule has 2 nitrogen and oxygen atoms in total. The molecule has 2 heteroatoms. The van der Waals surface area contributed by atoms with Crippen molar-refractivity contribution < 1.29 is 9.47 Å². The first-order valence-electron chi connectivity index (χ1n) is 10.7. The van der Waals surface area contributed by atoms with E-state index in [1.807, 2.05) is 0 Å². The molecule has 4 aliphatic carbocycles. The number of rotatable bonds is 2. The van der Waals surface area contributed by atoms with E-state index in [-0.39, 0.29) is 5.60 Å². The monoisotopic (exact) mass is 342 g/mol. The van der Waals surface area contributed by atoms with Crippen LogP contribution in [-0.4, -0.2) is 18.3 Å². The molecule has 1 aliphatic heterocycles. The molecule has 0 bridgehead atoms. The zero-order valence-electron chi connectivity index (χ0n) is 16.4. The van der Waals surface area contributed by atoms with Crippen LogP contribution < -0.4 is 0 Å². The summed E-state index contributed by atoms with van der Waals surface area (Å²) in [5.41, 5.74) is 2.62. The van der Waals surface area contributed by atoms with Crippen LogP contribution in [-0.2, 0) is 9.47 Å². The third-order valence-electron chi connectivity index (χ3n) is 9.23. The number of fused-ring (bicyclic) bond motifs is 6. The van der Waals surface area contributed by atoms with E-state index in [9.17, 15) is 0 Å². The molecule has 1 saturated heterocycles. The van der Waals surface area contributed by atoms with Gasteiger partial charge in [0.15, 0.2) is 0 Å². The molecule has 0 amide bonds. The molecule has 1 spiro atoms. The van der Waals surface area contributed by atoms with Crippen molar-refractivity contribution >= 4 is 0 Å². The van der Waals surface area contributed by atoms with Gasteiger partial charge in [-0.25, -0.2) is 0 Å². The highest BCUT2D eigenvalue weighted by molar-refractivity contribution is 5.36. The maximum atomic E-state index is 6.25. The summed E-state index contributed by atoms with van der Waals surface area (Å²) >= 11 is 0. The Morgan fingerprint density at radius 3 is 2.64 bits per heavy atom. The molecule has 5 rings (SSSR count). The number of hydrogen-bond donors (Lipinski definition) is 0. The fraction of sp³-hybridized carbons (Fsp3) is 0.826. The quantitative estimate of drug-likeness (QED) is 0.606. The van der Waals surface area contributed by atoms with Gasteiger partial charge in [0.1, 0.15) is 5.60 Å². The van der Waals surface area contributed by atoms with Crippen LogP contribution in [0.25, 0.3) is 0 Å². The topological polar surface area (TPSA) is 21.8 Å². The Morgan fingerprint density at radius 2 is 1.92 bits per heavy atom. The molecule has 3 fully saturated rings. The van der Waals surface area contributed by atoms with Gasteiger partial charge in [-0.15, -0.1) is 0 Å². The molecule has 138 valence electrons. The molecule has 1 heterocycles. The molecular formula is C23H34O2. The fourth-order valence-corrected chi connectivity index (χ4v) is 7.77. The van der Waals surface area contributed by atoms with Gasteiger partial charge in [-0.05, 0) is 87.2 Å². The molecule has 0 radical (unpaired) electrons. The molecule has 0 aromatic rings. The Labute approximate surface area is 153 Å². The van der Waals surface area contributed by atoms with Crippen molar-refractivity contribution in [3.8, 4) is 0 Å². The van der Waals surface area contributed by atoms with Crippen molar-refractivity contribution in [3.63, 3.8) is 0 Å². The lowest BCUT2D eigenvalue weighted by molar-refractivity contribution is -0.0450. The van der Waals surface area contributed by atoms with E-state index in [2.05, 4.69) is 39.8 Å². The second-order valence-corrected chi connectivity index (χ2v) is 9.88. The maximum Gasteiger partial charge on any atom is 0.100 e. The van der Waals surface area contributed by atoms with E-state index in [4.69, 9.17) is 9.47 Å². The second kappa shape index (κ2) is 5.15. The first kappa shape index (κ1) is 16.4. The summed E-state index contributed by atoms with van der Waals surface area (Å²) in [5.74, 6) is 3.80. The molecule has 7 atom stereocenters. The third-order valence-corrected chi connectivity index (χ3v) is 9.23. The molecule has 5 aliphatic rings. The Hall–Kier alpha value is -0.760. The lowest BCUT2D eigenvalue weighted by Gasteiger charge is -2.56. The van der Waals surface area contributed by atoms with Crippen LogP contribution in [0.1, 0.15) is 72.6 Å². The number of ether oxygens (including phenoxy) is 2. The van der Waals surface area contributed by atoms with Gasteiger partial charge in [0.05, 0.1) is 18.5 Å². The molecule has 1 unspecified atom stereocenters. The molecule has 2 saturated carbocycles. The second-order valence-electron chi connectivity index (χ2n) is 9.88. The Morgan fingerprint density at radius 1 is 1.16 bits per heavy atom. The zero-order valence-corrected chi connectivity index (χ0v) is 16.4. The smallest absolute Gasteiger partial charge is 0.100 e. The van der Waals surface area contributed by atoms with E-state index < -0.39 is 0 Å². The van der Waals surface area contributed by atoms with Gasteiger partial charge in [-0.1, -0.05) is 19.9 Å². The van der Waals surface area contributed by atoms with Crippen molar-refractivity contribution in [2.45, 2.75) is 84.3 Å². The highest BCUT2D eigenvalue weighted by Gasteiger charge is 2.72. The van der Waals surface area contributed by atoms with E-state index in [1.165, 1.54) is 44.3 Å². The molecule has 0 N–H and O–H groups in total. The average molecular weight is 343 g/mol. The number of allylic oxidation sites excluding steroid dienone is 4. The van der Waals surface area contributed by atoms with Gasteiger partial charge in [0.2, 0.25) is 0 Å². The minimum absolute atomic E-state index is 0.238. The van der Waals surface area contributed by atoms with Crippen LogP contribution in [0.5, 0.6) is 0 Å². The first-order valence-corrected chi connectivity index (χ1v) is 10.7. The number of hydrogen-bond acceptors (Lipinski definition) is 2. The van der Waals surface area contributed by atoms with Crippen LogP contribution >= 0.6 is 0 Å². The van der Waals surface area contributed by atoms with Crippen molar-refractivity contribution in [2.24, 2.45) is 28.6 Å². The van der Waals surface area contributed by atoms with Crippen LogP contribution in [0.2, 0.25) is 0 Å². The summed E-state index contributed by atoms with van der Waals surface area (Å²) in [5, 5.41) is 0. The van der Waals surface area contributed by atoms with Crippen molar-refractivity contribution in [2.75, 3.05) is 6.61 Å². The van der Waals surface area contributed by atoms with E-state index in [0.29, 0.717) is 16.9 Å². The fourth-order valence-electron chi connectivity index (χ4n) is 7.77. The third kappa shape index (κ3) is 1.95. The molecule has 0 aromatic heterocycles. The van der Waals surface area contributed by atoms with Gasteiger partial charge in [-0.3, -0.25) is 0 Å². The summed E-state index contributed by atoms with van der Waals surface area (Å²) in [6, 6.07) is 0. The average Bonchev–Trinajstić information content (AvgIpc) is 3.16. The van der Waals surface area contributed by atoms with Crippen molar-refractivity contribution in [3.05, 3.63) is 23.5 Å². The predicted molar refractivity (Wildman–Crippen MR) is 100 cm³/mol. The summed E-state index contributed by atoms with van der Waals surface area (Å²) < 4.78 is 12.1. The highest BCUT2D eigenvalue weighted by Crippen LogP contribution is 2.72. The first-order chi connectivity index (χ1) is 11.9. The minimum Gasteiger partial charge on any atom is -0.498 e. The minimum atomic E-state index is 0.238. The van der Waals surface area contributed by atoms with Crippen LogP contribution in [0.15, 0.2) is 23.5 Å². The summed E-state index contributed by atoms with van der Waals surface area (Å²) in [6.07, 6.45) is 14.6. The van der Waals surface area contributed by atoms with Gasteiger partial charge < -0.3 is 9.47 Å². The molecular weight excluding hydrogens is 308 g/mol. The SMILES string of the molecule is CCOC1=CC2=CC[C@@H]3[C@H](CC[C@@]4(C)[C@H]3CC[C@]43OC3C)[C@@]2(C)CC1. The lowest BCUT2D eigenvalue weighted by atomic mass is 9.48. The predicted octanol–water partition coefficient (Wildman–Crippen LogP) is 5.64. The highest BCUT2D eigenvalue weighted by atomic mass is 16.6. The van der Waals surface area contributed by atoms with Crippen LogP contribution in [0, 0.1) is 28.6 Å². The molecule has 25 heavy (non-hydrogen) atoms. The summed E-state index contributed by atoms with van der Waals surface area (Å²) in [7, 11) is 0. The Balaban J connectivity index is 1.47. The maximum absolute atomic E-state index is 6.25. The largest absolute Gasteiger partial charge is 0.498 e. The van der Waals surface area contributed by atoms with Crippen LogP contribution in [0.4, 0.5) is 0 Å². The van der Waals surface area contributed by atoms with Crippen LogP contribution in [0.3, 0.4) is 0 Å². The van der Waals surface area contributed by atoms with Gasteiger partial charge in [-0.2, -0.15) is 0 Å². The zero-order chi connectivity index (χ0) is 17.4. The van der Waals surface area contributed by atoms with Gasteiger partial charge in [0, 0.05) is 11.8 Å². The van der Waals surface area contributed by atoms with E-state index in [1.54, 1.807) is 5.57 Å². The lowest BCUT2D eigenvalue weighted by Crippen LogP contribution is -2.51. The Bertz CT molecular complexity index is 648.